The van der Waals surface area contributed by atoms with Gasteiger partial charge >= 0.3 is 12.3 Å². The van der Waals surface area contributed by atoms with Gasteiger partial charge in [0.15, 0.2) is 5.82 Å². The first-order valence-corrected chi connectivity index (χ1v) is 7.85. The Bertz CT molecular complexity index is 984. The summed E-state index contributed by atoms with van der Waals surface area (Å²) in [5.74, 6) is -0.234. The number of alkyl halides is 3. The van der Waals surface area contributed by atoms with Crippen molar-refractivity contribution in [1.82, 2.24) is 14.8 Å². The van der Waals surface area contributed by atoms with Gasteiger partial charge in [0.05, 0.1) is 19.9 Å². The second-order valence-electron chi connectivity index (χ2n) is 5.46. The molecule has 0 radical (unpaired) electrons. The highest BCUT2D eigenvalue weighted by atomic mass is 19.4. The third kappa shape index (κ3) is 4.22. The molecule has 2 aromatic carbocycles. The molecule has 0 saturated carbocycles. The molecule has 0 aliphatic heterocycles. The molecule has 0 aliphatic carbocycles. The highest BCUT2D eigenvalue weighted by Crippen LogP contribution is 2.27. The first-order chi connectivity index (χ1) is 13.3. The largest absolute Gasteiger partial charge is 0.573 e. The van der Waals surface area contributed by atoms with E-state index in [1.807, 2.05) is 0 Å². The molecule has 0 aliphatic rings. The van der Waals surface area contributed by atoms with E-state index in [1.54, 1.807) is 12.1 Å². The van der Waals surface area contributed by atoms with Crippen LogP contribution in [0.25, 0.3) is 17.1 Å². The quantitative estimate of drug-likeness (QED) is 0.617. The lowest BCUT2D eigenvalue weighted by Crippen LogP contribution is -2.17. The third-order valence-corrected chi connectivity index (χ3v) is 3.69. The maximum atomic E-state index is 12.2. The van der Waals surface area contributed by atoms with Crippen LogP contribution in [-0.4, -0.2) is 41.3 Å². The zero-order valence-electron chi connectivity index (χ0n) is 14.7. The predicted octanol–water partition coefficient (Wildman–Crippen LogP) is 3.63. The van der Waals surface area contributed by atoms with Crippen molar-refractivity contribution in [2.75, 3.05) is 14.2 Å². The fourth-order valence-corrected chi connectivity index (χ4v) is 2.43. The Morgan fingerprint density at radius 1 is 1.07 bits per heavy atom. The van der Waals surface area contributed by atoms with Crippen LogP contribution in [0.5, 0.6) is 11.5 Å². The lowest BCUT2D eigenvalue weighted by Gasteiger charge is -2.09. The van der Waals surface area contributed by atoms with Crippen molar-refractivity contribution in [2.24, 2.45) is 0 Å². The summed E-state index contributed by atoms with van der Waals surface area (Å²) in [7, 11) is 2.69. The SMILES string of the molecule is COC(=O)c1ccc(-c2ncn(-c3ccc(OC(F)(F)F)cc3)n2)cc1OC. The van der Waals surface area contributed by atoms with E-state index in [1.165, 1.54) is 55.6 Å². The van der Waals surface area contributed by atoms with Crippen molar-refractivity contribution in [3.63, 3.8) is 0 Å². The molecular formula is C18H14F3N3O4. The molecule has 0 N–H and O–H groups in total. The summed E-state index contributed by atoms with van der Waals surface area (Å²) in [4.78, 5) is 15.9. The molecule has 0 atom stereocenters. The first kappa shape index (κ1) is 19.2. The Labute approximate surface area is 157 Å². The summed E-state index contributed by atoms with van der Waals surface area (Å²) in [6, 6.07) is 9.95. The van der Waals surface area contributed by atoms with Crippen molar-refractivity contribution in [1.29, 1.82) is 0 Å². The van der Waals surface area contributed by atoms with Gasteiger partial charge in [-0.05, 0) is 42.5 Å². The minimum Gasteiger partial charge on any atom is -0.496 e. The van der Waals surface area contributed by atoms with Crippen LogP contribution >= 0.6 is 0 Å². The minimum absolute atomic E-state index is 0.258. The molecule has 0 saturated heterocycles. The first-order valence-electron chi connectivity index (χ1n) is 7.85. The molecule has 7 nitrogen and oxygen atoms in total. The van der Waals surface area contributed by atoms with Crippen molar-refractivity contribution in [3.05, 3.63) is 54.4 Å². The number of nitrogens with zero attached hydrogens (tertiary/aromatic N) is 3. The Kier molecular flexibility index (Phi) is 5.21. The number of methoxy groups -OCH3 is 2. The van der Waals surface area contributed by atoms with E-state index in [4.69, 9.17) is 9.47 Å². The van der Waals surface area contributed by atoms with Crippen LogP contribution in [0.2, 0.25) is 0 Å². The summed E-state index contributed by atoms with van der Waals surface area (Å²) in [6.45, 7) is 0. The van der Waals surface area contributed by atoms with Crippen molar-refractivity contribution in [3.8, 4) is 28.6 Å². The molecule has 0 spiro atoms. The number of benzene rings is 2. The van der Waals surface area contributed by atoms with E-state index >= 15 is 0 Å². The van der Waals surface area contributed by atoms with Crippen LogP contribution in [0.3, 0.4) is 0 Å². The summed E-state index contributed by atoms with van der Waals surface area (Å²) < 4.78 is 51.8. The monoisotopic (exact) mass is 393 g/mol. The molecule has 3 aromatic rings. The van der Waals surface area contributed by atoms with Gasteiger partial charge in [-0.3, -0.25) is 0 Å². The van der Waals surface area contributed by atoms with E-state index in [0.29, 0.717) is 22.8 Å². The maximum Gasteiger partial charge on any atom is 0.573 e. The number of carbonyl (C=O) groups excluding carboxylic acids is 1. The molecule has 146 valence electrons. The maximum absolute atomic E-state index is 12.2. The zero-order chi connectivity index (χ0) is 20.3. The molecule has 0 amide bonds. The van der Waals surface area contributed by atoms with Crippen LogP contribution in [-0.2, 0) is 4.74 Å². The third-order valence-electron chi connectivity index (χ3n) is 3.69. The summed E-state index contributed by atoms with van der Waals surface area (Å²) >= 11 is 0. The number of hydrogen-bond donors (Lipinski definition) is 0. The molecule has 0 bridgehead atoms. The Morgan fingerprint density at radius 2 is 1.79 bits per heavy atom. The van der Waals surface area contributed by atoms with Crippen LogP contribution in [0.15, 0.2) is 48.8 Å². The Hall–Kier alpha value is -3.56. The standard InChI is InChI=1S/C18H14F3N3O4/c1-26-15-9-11(3-8-14(15)17(25)27-2)16-22-10-24(23-16)12-4-6-13(7-5-12)28-18(19,20)21/h3-10H,1-2H3. The lowest BCUT2D eigenvalue weighted by atomic mass is 10.1. The van der Waals surface area contributed by atoms with E-state index in [9.17, 15) is 18.0 Å². The highest BCUT2D eigenvalue weighted by molar-refractivity contribution is 5.93. The normalized spacial score (nSPS) is 11.2. The second-order valence-corrected chi connectivity index (χ2v) is 5.46. The summed E-state index contributed by atoms with van der Waals surface area (Å²) in [6.07, 6.45) is -3.34. The van der Waals surface area contributed by atoms with Crippen molar-refractivity contribution in [2.45, 2.75) is 6.36 Å². The molecule has 1 aromatic heterocycles. The van der Waals surface area contributed by atoms with Gasteiger partial charge < -0.3 is 14.2 Å². The molecular weight excluding hydrogens is 379 g/mol. The Balaban J connectivity index is 1.85. The smallest absolute Gasteiger partial charge is 0.496 e. The fourth-order valence-electron chi connectivity index (χ4n) is 2.43. The van der Waals surface area contributed by atoms with Gasteiger partial charge in [-0.1, -0.05) is 0 Å². The number of halogens is 3. The number of ether oxygens (including phenoxy) is 3. The van der Waals surface area contributed by atoms with E-state index in [-0.39, 0.29) is 11.3 Å². The van der Waals surface area contributed by atoms with Crippen LogP contribution in [0.4, 0.5) is 13.2 Å². The van der Waals surface area contributed by atoms with E-state index in [0.717, 1.165) is 0 Å². The molecule has 1 heterocycles. The summed E-state index contributed by atoms with van der Waals surface area (Å²) in [5, 5.41) is 4.30. The summed E-state index contributed by atoms with van der Waals surface area (Å²) in [5.41, 5.74) is 1.33. The highest BCUT2D eigenvalue weighted by Gasteiger charge is 2.31. The average Bonchev–Trinajstić information content (AvgIpc) is 3.16. The van der Waals surface area contributed by atoms with Gasteiger partial charge in [0.1, 0.15) is 23.4 Å². The Morgan fingerprint density at radius 3 is 2.39 bits per heavy atom. The number of carbonyl (C=O) groups is 1. The number of esters is 1. The van der Waals surface area contributed by atoms with Gasteiger partial charge in [-0.25, -0.2) is 14.5 Å². The van der Waals surface area contributed by atoms with Gasteiger partial charge in [-0.15, -0.1) is 18.3 Å². The lowest BCUT2D eigenvalue weighted by molar-refractivity contribution is -0.274. The van der Waals surface area contributed by atoms with Gasteiger partial charge in [0.25, 0.3) is 0 Å². The predicted molar refractivity (Wildman–Crippen MR) is 91.4 cm³/mol. The van der Waals surface area contributed by atoms with Gasteiger partial charge in [0.2, 0.25) is 0 Å². The van der Waals surface area contributed by atoms with Crippen LogP contribution in [0.1, 0.15) is 10.4 Å². The van der Waals surface area contributed by atoms with Gasteiger partial charge in [-0.2, -0.15) is 0 Å². The average molecular weight is 393 g/mol. The van der Waals surface area contributed by atoms with Crippen molar-refractivity contribution >= 4 is 5.97 Å². The molecule has 3 rings (SSSR count). The van der Waals surface area contributed by atoms with Gasteiger partial charge in [0, 0.05) is 5.56 Å². The van der Waals surface area contributed by atoms with Crippen LogP contribution in [0, 0.1) is 0 Å². The number of hydrogen-bond acceptors (Lipinski definition) is 6. The minimum atomic E-state index is -4.75. The fraction of sp³-hybridized carbons (Fsp3) is 0.167. The van der Waals surface area contributed by atoms with Crippen LogP contribution < -0.4 is 9.47 Å². The molecule has 10 heteroatoms. The van der Waals surface area contributed by atoms with E-state index < -0.39 is 12.3 Å². The molecule has 0 unspecified atom stereocenters. The zero-order valence-corrected chi connectivity index (χ0v) is 14.7. The topological polar surface area (TPSA) is 75.5 Å². The van der Waals surface area contributed by atoms with Crippen molar-refractivity contribution < 1.29 is 32.2 Å². The molecule has 28 heavy (non-hydrogen) atoms. The number of rotatable bonds is 5. The number of aromatic nitrogens is 3. The molecule has 0 fully saturated rings. The van der Waals surface area contributed by atoms with E-state index in [2.05, 4.69) is 14.8 Å². The second kappa shape index (κ2) is 7.59.